The van der Waals surface area contributed by atoms with Crippen molar-refractivity contribution in [2.24, 2.45) is 0 Å². The van der Waals surface area contributed by atoms with Crippen molar-refractivity contribution in [1.82, 2.24) is 0 Å². The smallest absolute Gasteiger partial charge is 0.262 e. The minimum atomic E-state index is -0.272. The number of aryl methyl sites for hydroxylation is 1. The number of nitrogens with one attached hydrogen (secondary N) is 2. The van der Waals surface area contributed by atoms with Crippen LogP contribution in [-0.4, -0.2) is 18.4 Å². The van der Waals surface area contributed by atoms with Crippen molar-refractivity contribution in [3.05, 3.63) is 90.0 Å². The summed E-state index contributed by atoms with van der Waals surface area (Å²) in [6, 6.07) is 23.6. The van der Waals surface area contributed by atoms with Crippen molar-refractivity contribution >= 4 is 23.2 Å². The average Bonchev–Trinajstić information content (AvgIpc) is 2.73. The lowest BCUT2D eigenvalue weighted by Gasteiger charge is -2.10. The topological polar surface area (TPSA) is 67.4 Å². The Morgan fingerprint density at radius 3 is 2.18 bits per heavy atom. The molecule has 0 fully saturated rings. The van der Waals surface area contributed by atoms with Crippen LogP contribution in [0.2, 0.25) is 0 Å². The molecule has 0 aromatic heterocycles. The SMILES string of the molecule is CCc1ccc(OCC(=O)Nc2cccc(NC(=O)c3ccccc3)c2)cc1. The summed E-state index contributed by atoms with van der Waals surface area (Å²) < 4.78 is 5.51. The van der Waals surface area contributed by atoms with Crippen molar-refractivity contribution in [2.45, 2.75) is 13.3 Å². The molecule has 0 bridgehead atoms. The van der Waals surface area contributed by atoms with Gasteiger partial charge >= 0.3 is 0 Å². The van der Waals surface area contributed by atoms with Crippen LogP contribution >= 0.6 is 0 Å². The highest BCUT2D eigenvalue weighted by atomic mass is 16.5. The third kappa shape index (κ3) is 5.45. The molecule has 28 heavy (non-hydrogen) atoms. The molecule has 0 heterocycles. The molecule has 0 aliphatic heterocycles. The van der Waals surface area contributed by atoms with Crippen molar-refractivity contribution in [3.8, 4) is 5.75 Å². The van der Waals surface area contributed by atoms with Crippen LogP contribution in [-0.2, 0) is 11.2 Å². The fourth-order valence-corrected chi connectivity index (χ4v) is 2.63. The first-order valence-electron chi connectivity index (χ1n) is 9.12. The molecule has 0 unspecified atom stereocenters. The van der Waals surface area contributed by atoms with Crippen molar-refractivity contribution in [3.63, 3.8) is 0 Å². The van der Waals surface area contributed by atoms with E-state index in [2.05, 4.69) is 17.6 Å². The van der Waals surface area contributed by atoms with Gasteiger partial charge in [0.1, 0.15) is 5.75 Å². The van der Waals surface area contributed by atoms with Gasteiger partial charge in [0, 0.05) is 16.9 Å². The molecule has 5 nitrogen and oxygen atoms in total. The largest absolute Gasteiger partial charge is 0.484 e. The number of rotatable bonds is 7. The highest BCUT2D eigenvalue weighted by Gasteiger charge is 2.07. The quantitative estimate of drug-likeness (QED) is 0.639. The number of carbonyl (C=O) groups excluding carboxylic acids is 2. The minimum absolute atomic E-state index is 0.0912. The van der Waals surface area contributed by atoms with Crippen molar-refractivity contribution < 1.29 is 14.3 Å². The zero-order valence-electron chi connectivity index (χ0n) is 15.6. The van der Waals surface area contributed by atoms with Gasteiger partial charge < -0.3 is 15.4 Å². The summed E-state index contributed by atoms with van der Waals surface area (Å²) in [5.74, 6) is 0.172. The lowest BCUT2D eigenvalue weighted by Crippen LogP contribution is -2.20. The summed E-state index contributed by atoms with van der Waals surface area (Å²) in [4.78, 5) is 24.4. The Morgan fingerprint density at radius 1 is 0.821 bits per heavy atom. The first kappa shape index (κ1) is 19.2. The lowest BCUT2D eigenvalue weighted by atomic mass is 10.2. The molecule has 2 N–H and O–H groups in total. The molecule has 0 radical (unpaired) electrons. The normalized spacial score (nSPS) is 10.2. The van der Waals surface area contributed by atoms with Crippen LogP contribution in [0.15, 0.2) is 78.9 Å². The third-order valence-corrected chi connectivity index (χ3v) is 4.14. The van der Waals surface area contributed by atoms with Gasteiger partial charge in [-0.2, -0.15) is 0 Å². The Morgan fingerprint density at radius 2 is 1.50 bits per heavy atom. The molecule has 3 aromatic rings. The molecule has 0 atom stereocenters. The van der Waals surface area contributed by atoms with Gasteiger partial charge in [0.05, 0.1) is 0 Å². The first-order chi connectivity index (χ1) is 13.6. The van der Waals surface area contributed by atoms with Crippen molar-refractivity contribution in [2.75, 3.05) is 17.2 Å². The van der Waals surface area contributed by atoms with E-state index >= 15 is 0 Å². The molecule has 0 spiro atoms. The second kappa shape index (κ2) is 9.37. The van der Waals surface area contributed by atoms with Crippen LogP contribution in [0.3, 0.4) is 0 Å². The molecule has 5 heteroatoms. The molecule has 0 saturated heterocycles. The number of ether oxygens (including phenoxy) is 1. The van der Waals surface area contributed by atoms with Crippen molar-refractivity contribution in [1.29, 1.82) is 0 Å². The molecule has 0 aliphatic rings. The van der Waals surface area contributed by atoms with E-state index in [1.807, 2.05) is 30.3 Å². The molecule has 0 saturated carbocycles. The van der Waals surface area contributed by atoms with Gasteiger partial charge in [-0.3, -0.25) is 9.59 Å². The van der Waals surface area contributed by atoms with E-state index in [1.54, 1.807) is 48.5 Å². The Labute approximate surface area is 164 Å². The summed E-state index contributed by atoms with van der Waals surface area (Å²) in [5, 5.41) is 5.59. The van der Waals surface area contributed by atoms with Crippen LogP contribution in [0.1, 0.15) is 22.8 Å². The second-order valence-corrected chi connectivity index (χ2v) is 6.24. The van der Waals surface area contributed by atoms with Crippen LogP contribution in [0.25, 0.3) is 0 Å². The Hall–Kier alpha value is -3.60. The molecule has 3 aromatic carbocycles. The molecular weight excluding hydrogens is 352 g/mol. The summed E-state index contributed by atoms with van der Waals surface area (Å²) in [6.45, 7) is 1.99. The maximum absolute atomic E-state index is 12.2. The maximum Gasteiger partial charge on any atom is 0.262 e. The Kier molecular flexibility index (Phi) is 6.41. The van der Waals surface area contributed by atoms with E-state index in [0.29, 0.717) is 22.7 Å². The lowest BCUT2D eigenvalue weighted by molar-refractivity contribution is -0.118. The zero-order valence-corrected chi connectivity index (χ0v) is 15.6. The van der Waals surface area contributed by atoms with Crippen LogP contribution < -0.4 is 15.4 Å². The van der Waals surface area contributed by atoms with Gasteiger partial charge in [-0.15, -0.1) is 0 Å². The summed E-state index contributed by atoms with van der Waals surface area (Å²) in [6.07, 6.45) is 0.956. The van der Waals surface area contributed by atoms with Crippen LogP contribution in [0.4, 0.5) is 11.4 Å². The number of hydrogen-bond acceptors (Lipinski definition) is 3. The van der Waals surface area contributed by atoms with E-state index in [0.717, 1.165) is 6.42 Å². The average molecular weight is 374 g/mol. The number of carbonyl (C=O) groups is 2. The van der Waals surface area contributed by atoms with Gasteiger partial charge in [0.25, 0.3) is 11.8 Å². The number of amides is 2. The van der Waals surface area contributed by atoms with E-state index in [9.17, 15) is 9.59 Å². The summed E-state index contributed by atoms with van der Waals surface area (Å²) in [5.41, 5.74) is 2.97. The third-order valence-electron chi connectivity index (χ3n) is 4.14. The predicted octanol–water partition coefficient (Wildman–Crippen LogP) is 4.52. The first-order valence-corrected chi connectivity index (χ1v) is 9.12. The number of benzene rings is 3. The van der Waals surface area contributed by atoms with Crippen LogP contribution in [0, 0.1) is 0 Å². The standard InChI is InChI=1S/C23H22N2O3/c1-2-17-11-13-21(14-12-17)28-16-22(26)24-19-9-6-10-20(15-19)25-23(27)18-7-4-3-5-8-18/h3-15H,2,16H2,1H3,(H,24,26)(H,25,27). The fraction of sp³-hybridized carbons (Fsp3) is 0.130. The summed E-state index contributed by atoms with van der Waals surface area (Å²) in [7, 11) is 0. The highest BCUT2D eigenvalue weighted by Crippen LogP contribution is 2.17. The van der Waals surface area contributed by atoms with E-state index < -0.39 is 0 Å². The van der Waals surface area contributed by atoms with E-state index in [-0.39, 0.29) is 18.4 Å². The van der Waals surface area contributed by atoms with Gasteiger partial charge in [-0.25, -0.2) is 0 Å². The van der Waals surface area contributed by atoms with Crippen LogP contribution in [0.5, 0.6) is 5.75 Å². The maximum atomic E-state index is 12.2. The Balaban J connectivity index is 1.54. The minimum Gasteiger partial charge on any atom is -0.484 e. The highest BCUT2D eigenvalue weighted by molar-refractivity contribution is 6.04. The predicted molar refractivity (Wildman–Crippen MR) is 111 cm³/mol. The molecule has 2 amide bonds. The zero-order chi connectivity index (χ0) is 19.8. The monoisotopic (exact) mass is 374 g/mol. The van der Waals surface area contributed by atoms with Gasteiger partial charge in [-0.1, -0.05) is 43.3 Å². The number of anilines is 2. The summed E-state index contributed by atoms with van der Waals surface area (Å²) >= 11 is 0. The van der Waals surface area contributed by atoms with E-state index in [4.69, 9.17) is 4.74 Å². The van der Waals surface area contributed by atoms with Gasteiger partial charge in [0.15, 0.2) is 6.61 Å². The fourth-order valence-electron chi connectivity index (χ4n) is 2.63. The molecule has 142 valence electrons. The van der Waals surface area contributed by atoms with Gasteiger partial charge in [-0.05, 0) is 54.4 Å². The number of hydrogen-bond donors (Lipinski definition) is 2. The van der Waals surface area contributed by atoms with E-state index in [1.165, 1.54) is 5.56 Å². The Bertz CT molecular complexity index is 938. The van der Waals surface area contributed by atoms with Gasteiger partial charge in [0.2, 0.25) is 0 Å². The second-order valence-electron chi connectivity index (χ2n) is 6.24. The molecular formula is C23H22N2O3. The molecule has 0 aliphatic carbocycles. The molecule has 3 rings (SSSR count).